The van der Waals surface area contributed by atoms with Gasteiger partial charge in [0.15, 0.2) is 0 Å². The molecule has 3 atom stereocenters. The number of phenolic OH excluding ortho intramolecular Hbond substituents is 1. The van der Waals surface area contributed by atoms with Gasteiger partial charge in [0.05, 0.1) is 12.0 Å². The molecule has 0 aromatic heterocycles. The summed E-state index contributed by atoms with van der Waals surface area (Å²) in [5.74, 6) is -5.25. The number of benzene rings is 1. The van der Waals surface area contributed by atoms with Crippen LogP contribution in [0.4, 0.5) is 4.79 Å². The summed E-state index contributed by atoms with van der Waals surface area (Å²) in [6.45, 7) is -0.0753. The zero-order valence-corrected chi connectivity index (χ0v) is 19.7. The van der Waals surface area contributed by atoms with Crippen molar-refractivity contribution in [1.82, 2.24) is 20.9 Å². The van der Waals surface area contributed by atoms with Crippen LogP contribution in [0.5, 0.6) is 5.75 Å². The van der Waals surface area contributed by atoms with E-state index in [2.05, 4.69) is 16.0 Å². The number of nitrogens with zero attached hydrogens (tertiary/aromatic N) is 1. The van der Waals surface area contributed by atoms with Crippen LogP contribution in [0.25, 0.3) is 0 Å². The van der Waals surface area contributed by atoms with Crippen molar-refractivity contribution in [1.29, 1.82) is 0 Å². The molecule has 0 spiro atoms. The fourth-order valence-electron chi connectivity index (χ4n) is 3.76. The van der Waals surface area contributed by atoms with Crippen molar-refractivity contribution in [3.63, 3.8) is 0 Å². The molecule has 1 aliphatic rings. The number of nitrogens with one attached hydrogen (secondary N) is 3. The summed E-state index contributed by atoms with van der Waals surface area (Å²) < 4.78 is 0. The predicted octanol–water partition coefficient (Wildman–Crippen LogP) is -0.167. The highest BCUT2D eigenvalue weighted by Crippen LogP contribution is 2.12. The van der Waals surface area contributed by atoms with E-state index in [1.54, 1.807) is 0 Å². The van der Waals surface area contributed by atoms with Gasteiger partial charge in [0.25, 0.3) is 0 Å². The third-order valence-corrected chi connectivity index (χ3v) is 5.77. The Bertz CT molecular complexity index is 932. The zero-order chi connectivity index (χ0) is 26.7. The number of hydrogen-bond donors (Lipinski definition) is 7. The molecule has 0 radical (unpaired) electrons. The van der Waals surface area contributed by atoms with Crippen LogP contribution >= 0.6 is 0 Å². The van der Waals surface area contributed by atoms with E-state index in [0.29, 0.717) is 18.5 Å². The summed E-state index contributed by atoms with van der Waals surface area (Å²) in [6, 6.07) is 3.12. The first-order valence-corrected chi connectivity index (χ1v) is 11.6. The summed E-state index contributed by atoms with van der Waals surface area (Å²) in [4.78, 5) is 60.8. The Morgan fingerprint density at radius 2 is 1.75 bits per heavy atom. The van der Waals surface area contributed by atoms with Crippen molar-refractivity contribution >= 4 is 29.8 Å². The predicted molar refractivity (Wildman–Crippen MR) is 125 cm³/mol. The second kappa shape index (κ2) is 13.9. The van der Waals surface area contributed by atoms with E-state index >= 15 is 0 Å². The fourth-order valence-corrected chi connectivity index (χ4v) is 3.76. The average molecular weight is 509 g/mol. The summed E-state index contributed by atoms with van der Waals surface area (Å²) in [6.07, 6.45) is 1.10. The van der Waals surface area contributed by atoms with Crippen LogP contribution in [0.2, 0.25) is 0 Å². The Kier molecular flexibility index (Phi) is 10.9. The molecule has 1 heterocycles. The monoisotopic (exact) mass is 508 g/mol. The highest BCUT2D eigenvalue weighted by Gasteiger charge is 2.29. The van der Waals surface area contributed by atoms with E-state index in [1.165, 1.54) is 24.3 Å². The van der Waals surface area contributed by atoms with Gasteiger partial charge >= 0.3 is 23.9 Å². The van der Waals surface area contributed by atoms with Crippen molar-refractivity contribution < 1.29 is 44.4 Å². The van der Waals surface area contributed by atoms with Crippen LogP contribution in [-0.2, 0) is 25.6 Å². The van der Waals surface area contributed by atoms with E-state index in [4.69, 9.17) is 5.11 Å². The average Bonchev–Trinajstić information content (AvgIpc) is 3.36. The Labute approximate surface area is 207 Å². The minimum Gasteiger partial charge on any atom is -0.508 e. The zero-order valence-electron chi connectivity index (χ0n) is 19.7. The summed E-state index contributed by atoms with van der Waals surface area (Å²) in [5, 5.41) is 45.5. The third-order valence-electron chi connectivity index (χ3n) is 5.77. The Balaban J connectivity index is 2.08. The first-order valence-electron chi connectivity index (χ1n) is 11.6. The number of carboxylic acids is 3. The smallest absolute Gasteiger partial charge is 0.326 e. The van der Waals surface area contributed by atoms with E-state index in [0.717, 1.165) is 11.3 Å². The van der Waals surface area contributed by atoms with Gasteiger partial charge in [-0.1, -0.05) is 12.1 Å². The number of carboxylic acid groups (broad SMARTS) is 3. The molecule has 13 heteroatoms. The van der Waals surface area contributed by atoms with Gasteiger partial charge in [-0.15, -0.1) is 0 Å². The molecule has 3 amide bonds. The second-order valence-electron chi connectivity index (χ2n) is 8.58. The van der Waals surface area contributed by atoms with Crippen molar-refractivity contribution in [3.8, 4) is 5.75 Å². The van der Waals surface area contributed by atoms with Gasteiger partial charge in [-0.05, 0) is 43.5 Å². The number of aliphatic carboxylic acids is 3. The molecule has 13 nitrogen and oxygen atoms in total. The first kappa shape index (κ1) is 28.4. The fraction of sp³-hybridized carbons (Fsp3) is 0.522. The van der Waals surface area contributed by atoms with Crippen LogP contribution in [0.3, 0.4) is 0 Å². The van der Waals surface area contributed by atoms with Crippen LogP contribution in [-0.4, -0.2) is 93.4 Å². The molecule has 198 valence electrons. The maximum atomic E-state index is 13.0. The number of rotatable bonds is 14. The Morgan fingerprint density at radius 1 is 1.06 bits per heavy atom. The van der Waals surface area contributed by atoms with Crippen LogP contribution in [0, 0.1) is 5.92 Å². The molecular formula is C23H32N4O9. The number of urea groups is 1. The molecule has 7 N–H and O–H groups in total. The van der Waals surface area contributed by atoms with Gasteiger partial charge in [-0.25, -0.2) is 9.59 Å². The van der Waals surface area contributed by atoms with Gasteiger partial charge in [0.2, 0.25) is 5.91 Å². The summed E-state index contributed by atoms with van der Waals surface area (Å²) >= 11 is 0. The van der Waals surface area contributed by atoms with Crippen molar-refractivity contribution in [2.75, 3.05) is 26.2 Å². The quantitative estimate of drug-likeness (QED) is 0.177. The molecule has 2 rings (SSSR count). The van der Waals surface area contributed by atoms with E-state index < -0.39 is 41.9 Å². The van der Waals surface area contributed by atoms with Gasteiger partial charge < -0.3 is 41.3 Å². The number of carbonyl (C=O) groups excluding carboxylic acids is 2. The normalized spacial score (nSPS) is 16.5. The Morgan fingerprint density at radius 3 is 2.31 bits per heavy atom. The number of carbonyl (C=O) groups is 5. The molecule has 36 heavy (non-hydrogen) atoms. The largest absolute Gasteiger partial charge is 0.508 e. The van der Waals surface area contributed by atoms with Crippen molar-refractivity contribution in [2.45, 2.75) is 44.2 Å². The molecule has 1 fully saturated rings. The van der Waals surface area contributed by atoms with Crippen molar-refractivity contribution in [3.05, 3.63) is 29.8 Å². The van der Waals surface area contributed by atoms with Gasteiger partial charge in [0, 0.05) is 32.5 Å². The number of aromatic hydroxyl groups is 1. The van der Waals surface area contributed by atoms with Gasteiger partial charge in [0.1, 0.15) is 11.8 Å². The van der Waals surface area contributed by atoms with Crippen LogP contribution in [0.15, 0.2) is 24.3 Å². The summed E-state index contributed by atoms with van der Waals surface area (Å²) in [5.41, 5.74) is 0.532. The molecule has 0 saturated carbocycles. The minimum absolute atomic E-state index is 0.00483. The molecular weight excluding hydrogens is 476 g/mol. The standard InChI is InChI=1S/C23H32N4O9/c28-16-7-5-14(6-8-16)11-18(22(34)35)26-23(36)27(10-2-4-19(29)30)13-15(21(32)33)12-25-20(31)17-3-1-9-24-17/h5-8,15,17-18,24,28H,1-4,9-13H2,(H,25,31)(H,26,36)(H,29,30)(H,32,33)(H,34,35)/t15-,17-,18-/m0/s1. The van der Waals surface area contributed by atoms with Gasteiger partial charge in [-0.3, -0.25) is 14.4 Å². The highest BCUT2D eigenvalue weighted by molar-refractivity contribution is 5.84. The third kappa shape index (κ3) is 9.41. The van der Waals surface area contributed by atoms with E-state index in [1.807, 2.05) is 0 Å². The number of hydrogen-bond acceptors (Lipinski definition) is 7. The SMILES string of the molecule is O=C(O)CCCN(C[C@H](CNC(=O)[C@@H]1CCCN1)C(=O)O)C(=O)N[C@@H](Cc1ccc(O)cc1)C(=O)O. The number of phenols is 1. The lowest BCUT2D eigenvalue weighted by molar-refractivity contribution is -0.143. The molecule has 1 aromatic carbocycles. The lowest BCUT2D eigenvalue weighted by Crippen LogP contribution is -2.52. The van der Waals surface area contributed by atoms with Crippen LogP contribution < -0.4 is 16.0 Å². The van der Waals surface area contributed by atoms with E-state index in [9.17, 15) is 39.3 Å². The molecule has 1 aliphatic heterocycles. The lowest BCUT2D eigenvalue weighted by atomic mass is 10.1. The van der Waals surface area contributed by atoms with Crippen LogP contribution in [0.1, 0.15) is 31.2 Å². The molecule has 0 unspecified atom stereocenters. The molecule has 1 aromatic rings. The molecule has 1 saturated heterocycles. The van der Waals surface area contributed by atoms with E-state index in [-0.39, 0.29) is 50.6 Å². The van der Waals surface area contributed by atoms with Crippen molar-refractivity contribution in [2.24, 2.45) is 5.92 Å². The topological polar surface area (TPSA) is 206 Å². The lowest BCUT2D eigenvalue weighted by Gasteiger charge is -2.28. The van der Waals surface area contributed by atoms with Gasteiger partial charge in [-0.2, -0.15) is 0 Å². The summed E-state index contributed by atoms with van der Waals surface area (Å²) in [7, 11) is 0. The molecule has 0 bridgehead atoms. The first-order chi connectivity index (χ1) is 17.1. The highest BCUT2D eigenvalue weighted by atomic mass is 16.4. The maximum Gasteiger partial charge on any atom is 0.326 e. The number of amides is 3. The minimum atomic E-state index is -1.36. The second-order valence-corrected chi connectivity index (χ2v) is 8.58. The molecule has 0 aliphatic carbocycles. The maximum absolute atomic E-state index is 13.0. The Hall–Kier alpha value is -3.87.